The molecule has 0 aromatic carbocycles. The van der Waals surface area contributed by atoms with Gasteiger partial charge in [0.2, 0.25) is 0 Å². The van der Waals surface area contributed by atoms with Crippen LogP contribution in [0.25, 0.3) is 0 Å². The normalized spacial score (nSPS) is 16.0. The molecular formula is C10H22O2. The Morgan fingerprint density at radius 2 is 1.92 bits per heavy atom. The van der Waals surface area contributed by atoms with Crippen LogP contribution in [0.2, 0.25) is 0 Å². The summed E-state index contributed by atoms with van der Waals surface area (Å²) >= 11 is 0. The van der Waals surface area contributed by atoms with Gasteiger partial charge in [0.05, 0.1) is 12.7 Å². The van der Waals surface area contributed by atoms with Gasteiger partial charge in [-0.1, -0.05) is 26.7 Å². The fraction of sp³-hybridized carbons (Fsp3) is 1.00. The minimum absolute atomic E-state index is 0.254. The molecule has 0 aliphatic carbocycles. The molecule has 0 saturated carbocycles. The number of aliphatic hydroxyl groups excluding tert-OH is 1. The summed E-state index contributed by atoms with van der Waals surface area (Å²) in [5.41, 5.74) is 0. The van der Waals surface area contributed by atoms with E-state index in [4.69, 9.17) is 9.84 Å². The molecule has 0 rings (SSSR count). The summed E-state index contributed by atoms with van der Waals surface area (Å²) in [6.07, 6.45) is 3.36. The minimum atomic E-state index is -0.254. The maximum Gasteiger partial charge on any atom is 0.0559 e. The Hall–Kier alpha value is -0.0800. The number of ether oxygens (including phenoxy) is 1. The van der Waals surface area contributed by atoms with E-state index in [1.54, 1.807) is 6.92 Å². The van der Waals surface area contributed by atoms with Crippen molar-refractivity contribution in [2.24, 2.45) is 5.92 Å². The first-order valence-corrected chi connectivity index (χ1v) is 4.94. The van der Waals surface area contributed by atoms with E-state index < -0.39 is 0 Å². The second-order valence-electron chi connectivity index (χ2n) is 3.50. The van der Waals surface area contributed by atoms with Crippen LogP contribution in [0.1, 0.15) is 40.0 Å². The Morgan fingerprint density at radius 1 is 1.25 bits per heavy atom. The van der Waals surface area contributed by atoms with Gasteiger partial charge in [-0.05, 0) is 13.3 Å². The molecule has 0 aliphatic rings. The summed E-state index contributed by atoms with van der Waals surface area (Å²) in [6, 6.07) is 0. The molecule has 12 heavy (non-hydrogen) atoms. The number of hydrogen-bond donors (Lipinski definition) is 1. The predicted molar refractivity (Wildman–Crippen MR) is 51.2 cm³/mol. The molecule has 0 fully saturated rings. The van der Waals surface area contributed by atoms with Crippen molar-refractivity contribution in [1.82, 2.24) is 0 Å². The van der Waals surface area contributed by atoms with E-state index in [-0.39, 0.29) is 12.0 Å². The van der Waals surface area contributed by atoms with E-state index in [0.29, 0.717) is 6.61 Å². The van der Waals surface area contributed by atoms with Crippen LogP contribution < -0.4 is 0 Å². The van der Waals surface area contributed by atoms with Gasteiger partial charge < -0.3 is 9.84 Å². The lowest BCUT2D eigenvalue weighted by molar-refractivity contribution is 0.0429. The molecule has 0 saturated heterocycles. The van der Waals surface area contributed by atoms with Gasteiger partial charge in [0, 0.05) is 12.5 Å². The summed E-state index contributed by atoms with van der Waals surface area (Å²) in [4.78, 5) is 0. The largest absolute Gasteiger partial charge is 0.393 e. The lowest BCUT2D eigenvalue weighted by Gasteiger charge is -2.14. The lowest BCUT2D eigenvalue weighted by Crippen LogP contribution is -2.19. The molecule has 2 heteroatoms. The van der Waals surface area contributed by atoms with Crippen LogP contribution in [0, 0.1) is 5.92 Å². The van der Waals surface area contributed by atoms with Crippen molar-refractivity contribution in [3.63, 3.8) is 0 Å². The van der Waals surface area contributed by atoms with Crippen LogP contribution in [0.3, 0.4) is 0 Å². The van der Waals surface area contributed by atoms with Gasteiger partial charge >= 0.3 is 0 Å². The SMILES string of the molecule is CCCCCOCC(C)C(C)O. The molecule has 2 unspecified atom stereocenters. The van der Waals surface area contributed by atoms with Crippen LogP contribution in [0.15, 0.2) is 0 Å². The van der Waals surface area contributed by atoms with E-state index in [1.165, 1.54) is 12.8 Å². The molecule has 0 aliphatic heterocycles. The van der Waals surface area contributed by atoms with Crippen molar-refractivity contribution in [3.05, 3.63) is 0 Å². The summed E-state index contributed by atoms with van der Waals surface area (Å²) in [5, 5.41) is 9.14. The third kappa shape index (κ3) is 6.62. The number of rotatable bonds is 7. The van der Waals surface area contributed by atoms with Crippen LogP contribution in [0.4, 0.5) is 0 Å². The highest BCUT2D eigenvalue weighted by molar-refractivity contribution is 4.56. The number of hydrogen-bond acceptors (Lipinski definition) is 2. The molecule has 0 amide bonds. The first-order chi connectivity index (χ1) is 5.68. The van der Waals surface area contributed by atoms with E-state index in [2.05, 4.69) is 6.92 Å². The van der Waals surface area contributed by atoms with E-state index in [9.17, 15) is 0 Å². The number of aliphatic hydroxyl groups is 1. The molecule has 0 aromatic heterocycles. The van der Waals surface area contributed by atoms with Crippen molar-refractivity contribution < 1.29 is 9.84 Å². The smallest absolute Gasteiger partial charge is 0.0559 e. The Bertz CT molecular complexity index is 91.8. The average molecular weight is 174 g/mol. The Labute approximate surface area is 75.9 Å². The standard InChI is InChI=1S/C10H22O2/c1-4-5-6-7-12-8-9(2)10(3)11/h9-11H,4-8H2,1-3H3. The maximum atomic E-state index is 9.14. The van der Waals surface area contributed by atoms with Crippen molar-refractivity contribution in [2.45, 2.75) is 46.1 Å². The van der Waals surface area contributed by atoms with Crippen LogP contribution >= 0.6 is 0 Å². The zero-order chi connectivity index (χ0) is 9.40. The van der Waals surface area contributed by atoms with Crippen LogP contribution in [0.5, 0.6) is 0 Å². The Morgan fingerprint density at radius 3 is 2.42 bits per heavy atom. The minimum Gasteiger partial charge on any atom is -0.393 e. The molecule has 0 bridgehead atoms. The van der Waals surface area contributed by atoms with Crippen molar-refractivity contribution in [3.8, 4) is 0 Å². The molecule has 0 heterocycles. The van der Waals surface area contributed by atoms with Gasteiger partial charge in [-0.25, -0.2) is 0 Å². The third-order valence-electron chi connectivity index (χ3n) is 2.10. The highest BCUT2D eigenvalue weighted by Gasteiger charge is 2.07. The third-order valence-corrected chi connectivity index (χ3v) is 2.10. The zero-order valence-corrected chi connectivity index (χ0v) is 8.55. The quantitative estimate of drug-likeness (QED) is 0.600. The first kappa shape index (κ1) is 11.9. The topological polar surface area (TPSA) is 29.5 Å². The van der Waals surface area contributed by atoms with Gasteiger partial charge in [0.1, 0.15) is 0 Å². The zero-order valence-electron chi connectivity index (χ0n) is 8.55. The fourth-order valence-electron chi connectivity index (χ4n) is 0.863. The second-order valence-corrected chi connectivity index (χ2v) is 3.50. The molecule has 0 aromatic rings. The molecule has 2 nitrogen and oxygen atoms in total. The predicted octanol–water partition coefficient (Wildman–Crippen LogP) is 2.21. The molecule has 74 valence electrons. The molecule has 0 spiro atoms. The van der Waals surface area contributed by atoms with E-state index in [1.807, 2.05) is 6.92 Å². The van der Waals surface area contributed by atoms with Gasteiger partial charge in [-0.2, -0.15) is 0 Å². The first-order valence-electron chi connectivity index (χ1n) is 4.94. The van der Waals surface area contributed by atoms with Crippen molar-refractivity contribution in [1.29, 1.82) is 0 Å². The van der Waals surface area contributed by atoms with E-state index >= 15 is 0 Å². The van der Waals surface area contributed by atoms with E-state index in [0.717, 1.165) is 13.0 Å². The summed E-state index contributed by atoms with van der Waals surface area (Å²) in [6.45, 7) is 7.51. The second kappa shape index (κ2) is 7.56. The van der Waals surface area contributed by atoms with Gasteiger partial charge in [0.25, 0.3) is 0 Å². The average Bonchev–Trinajstić information content (AvgIpc) is 2.03. The monoisotopic (exact) mass is 174 g/mol. The molecule has 2 atom stereocenters. The Kier molecular flexibility index (Phi) is 7.51. The summed E-state index contributed by atoms with van der Waals surface area (Å²) in [7, 11) is 0. The van der Waals surface area contributed by atoms with Crippen molar-refractivity contribution >= 4 is 0 Å². The van der Waals surface area contributed by atoms with Crippen LogP contribution in [-0.2, 0) is 4.74 Å². The van der Waals surface area contributed by atoms with Gasteiger partial charge in [-0.15, -0.1) is 0 Å². The highest BCUT2D eigenvalue weighted by Crippen LogP contribution is 2.03. The summed E-state index contributed by atoms with van der Waals surface area (Å²) < 4.78 is 5.40. The van der Waals surface area contributed by atoms with Gasteiger partial charge in [0.15, 0.2) is 0 Å². The lowest BCUT2D eigenvalue weighted by atomic mass is 10.1. The van der Waals surface area contributed by atoms with Crippen LogP contribution in [-0.4, -0.2) is 24.4 Å². The number of unbranched alkanes of at least 4 members (excludes halogenated alkanes) is 2. The highest BCUT2D eigenvalue weighted by atomic mass is 16.5. The molecule has 1 N–H and O–H groups in total. The Balaban J connectivity index is 3.08. The fourth-order valence-corrected chi connectivity index (χ4v) is 0.863. The molecular weight excluding hydrogens is 152 g/mol. The van der Waals surface area contributed by atoms with Crippen molar-refractivity contribution in [2.75, 3.05) is 13.2 Å². The summed E-state index contributed by atoms with van der Waals surface area (Å²) in [5.74, 6) is 0.256. The maximum absolute atomic E-state index is 9.14. The van der Waals surface area contributed by atoms with Gasteiger partial charge in [-0.3, -0.25) is 0 Å². The molecule has 0 radical (unpaired) electrons.